The predicted molar refractivity (Wildman–Crippen MR) is 136 cm³/mol. The molecule has 188 valence electrons. The predicted octanol–water partition coefficient (Wildman–Crippen LogP) is 4.85. The highest BCUT2D eigenvalue weighted by Crippen LogP contribution is 2.33. The number of nitrogens with zero attached hydrogens (tertiary/aromatic N) is 5. The molecule has 3 heterocycles. The summed E-state index contributed by atoms with van der Waals surface area (Å²) in [5.74, 6) is 0.935. The lowest BCUT2D eigenvalue weighted by Gasteiger charge is -2.33. The zero-order valence-electron chi connectivity index (χ0n) is 21.1. The Balaban J connectivity index is 1.50. The number of rotatable bonds is 9. The zero-order chi connectivity index (χ0) is 24.2. The lowest BCUT2D eigenvalue weighted by atomic mass is 9.95. The van der Waals surface area contributed by atoms with E-state index in [9.17, 15) is 4.79 Å². The normalized spacial score (nSPS) is 20.1. The minimum atomic E-state index is -0.0270. The number of benzene rings is 1. The summed E-state index contributed by atoms with van der Waals surface area (Å²) in [6.45, 7) is 6.41. The van der Waals surface area contributed by atoms with Crippen molar-refractivity contribution in [2.24, 2.45) is 0 Å². The first kappa shape index (κ1) is 24.1. The van der Waals surface area contributed by atoms with Crippen molar-refractivity contribution < 1.29 is 4.74 Å². The summed E-state index contributed by atoms with van der Waals surface area (Å²) in [5.41, 5.74) is 2.81. The number of hydrogen-bond acceptors (Lipinski definition) is 6. The van der Waals surface area contributed by atoms with Crippen molar-refractivity contribution in [2.75, 3.05) is 13.2 Å². The van der Waals surface area contributed by atoms with Crippen molar-refractivity contribution in [2.45, 2.75) is 96.4 Å². The van der Waals surface area contributed by atoms with Gasteiger partial charge in [-0.3, -0.25) is 9.69 Å². The quantitative estimate of drug-likeness (QED) is 0.473. The van der Waals surface area contributed by atoms with Crippen LogP contribution in [0.15, 0.2) is 29.1 Å². The van der Waals surface area contributed by atoms with Crippen LogP contribution in [-0.2, 0) is 11.3 Å². The second-order valence-electron chi connectivity index (χ2n) is 10.4. The maximum absolute atomic E-state index is 13.1. The summed E-state index contributed by atoms with van der Waals surface area (Å²) in [6, 6.07) is 8.60. The largest absolute Gasteiger partial charge is 0.377 e. The molecule has 8 nitrogen and oxygen atoms in total. The second kappa shape index (κ2) is 11.0. The Morgan fingerprint density at radius 2 is 2.03 bits per heavy atom. The molecule has 5 rings (SSSR count). The molecule has 2 aromatic heterocycles. The van der Waals surface area contributed by atoms with E-state index in [-0.39, 0.29) is 17.7 Å². The molecule has 1 saturated carbocycles. The maximum Gasteiger partial charge on any atom is 0.252 e. The molecule has 1 aliphatic carbocycles. The molecule has 2 atom stereocenters. The number of H-pyrrole nitrogens is 1. The first-order valence-corrected chi connectivity index (χ1v) is 13.4. The minimum Gasteiger partial charge on any atom is -0.377 e. The Morgan fingerprint density at radius 1 is 1.17 bits per heavy atom. The molecule has 3 aromatic rings. The Bertz CT molecular complexity index is 1180. The summed E-state index contributed by atoms with van der Waals surface area (Å²) in [6.07, 6.45) is 10.3. The van der Waals surface area contributed by atoms with Crippen LogP contribution in [0.1, 0.15) is 93.7 Å². The van der Waals surface area contributed by atoms with Gasteiger partial charge in [-0.1, -0.05) is 44.2 Å². The number of tetrazole rings is 1. The average Bonchev–Trinajstić information content (AvgIpc) is 3.56. The van der Waals surface area contributed by atoms with E-state index >= 15 is 0 Å². The fourth-order valence-electron chi connectivity index (χ4n) is 5.81. The SMILES string of the molecule is CCC[C@H](c1nnnn1C1CCCCC1)N(Cc1cc2cc(C)ccc2[nH]c1=O)C[C@@H]1CCCO1. The number of hydrogen-bond donors (Lipinski definition) is 1. The Morgan fingerprint density at radius 3 is 2.80 bits per heavy atom. The van der Waals surface area contributed by atoms with Crippen LogP contribution < -0.4 is 5.56 Å². The molecule has 2 fully saturated rings. The van der Waals surface area contributed by atoms with E-state index < -0.39 is 0 Å². The van der Waals surface area contributed by atoms with Gasteiger partial charge in [0.15, 0.2) is 5.82 Å². The Kier molecular flexibility index (Phi) is 7.58. The smallest absolute Gasteiger partial charge is 0.252 e. The van der Waals surface area contributed by atoms with Gasteiger partial charge in [0.2, 0.25) is 0 Å². The molecule has 1 saturated heterocycles. The van der Waals surface area contributed by atoms with Gasteiger partial charge in [0.25, 0.3) is 5.56 Å². The molecular weight excluding hydrogens is 440 g/mol. The van der Waals surface area contributed by atoms with Gasteiger partial charge in [0, 0.05) is 30.8 Å². The van der Waals surface area contributed by atoms with Crippen LogP contribution in [0.25, 0.3) is 10.9 Å². The van der Waals surface area contributed by atoms with Crippen LogP contribution in [0.3, 0.4) is 0 Å². The number of fused-ring (bicyclic) bond motifs is 1. The fraction of sp³-hybridized carbons (Fsp3) is 0.630. The monoisotopic (exact) mass is 478 g/mol. The summed E-state index contributed by atoms with van der Waals surface area (Å²) in [4.78, 5) is 18.6. The maximum atomic E-state index is 13.1. The third kappa shape index (κ3) is 5.48. The first-order valence-electron chi connectivity index (χ1n) is 13.4. The van der Waals surface area contributed by atoms with Gasteiger partial charge < -0.3 is 9.72 Å². The van der Waals surface area contributed by atoms with Crippen LogP contribution >= 0.6 is 0 Å². The highest BCUT2D eigenvalue weighted by molar-refractivity contribution is 5.79. The topological polar surface area (TPSA) is 88.9 Å². The summed E-state index contributed by atoms with van der Waals surface area (Å²) >= 11 is 0. The third-order valence-electron chi connectivity index (χ3n) is 7.65. The van der Waals surface area contributed by atoms with E-state index in [0.29, 0.717) is 12.6 Å². The van der Waals surface area contributed by atoms with Crippen molar-refractivity contribution in [3.05, 3.63) is 51.6 Å². The van der Waals surface area contributed by atoms with Crippen LogP contribution in [0.5, 0.6) is 0 Å². The Labute approximate surface area is 207 Å². The third-order valence-corrected chi connectivity index (χ3v) is 7.65. The molecule has 1 aromatic carbocycles. The second-order valence-corrected chi connectivity index (χ2v) is 10.4. The van der Waals surface area contributed by atoms with Crippen LogP contribution in [0, 0.1) is 6.92 Å². The van der Waals surface area contributed by atoms with E-state index in [1.807, 2.05) is 12.1 Å². The summed E-state index contributed by atoms with van der Waals surface area (Å²) in [7, 11) is 0. The van der Waals surface area contributed by atoms with Gasteiger partial charge in [-0.15, -0.1) is 5.10 Å². The molecule has 8 heteroatoms. The van der Waals surface area contributed by atoms with Gasteiger partial charge >= 0.3 is 0 Å². The molecule has 0 unspecified atom stereocenters. The number of nitrogens with one attached hydrogen (secondary N) is 1. The molecule has 0 spiro atoms. The van der Waals surface area contributed by atoms with Crippen LogP contribution in [0.2, 0.25) is 0 Å². The molecule has 1 N–H and O–H groups in total. The van der Waals surface area contributed by atoms with E-state index in [0.717, 1.165) is 74.0 Å². The molecule has 0 radical (unpaired) electrons. The molecule has 0 bridgehead atoms. The van der Waals surface area contributed by atoms with Gasteiger partial charge in [-0.2, -0.15) is 0 Å². The van der Waals surface area contributed by atoms with Crippen LogP contribution in [0.4, 0.5) is 0 Å². The molecular formula is C27H38N6O2. The number of aromatic amines is 1. The van der Waals surface area contributed by atoms with Gasteiger partial charge in [0.05, 0.1) is 18.2 Å². The summed E-state index contributed by atoms with van der Waals surface area (Å²) in [5, 5.41) is 14.2. The van der Waals surface area contributed by atoms with Crippen molar-refractivity contribution >= 4 is 10.9 Å². The molecule has 1 aliphatic heterocycles. The number of pyridine rings is 1. The van der Waals surface area contributed by atoms with E-state index in [1.165, 1.54) is 24.8 Å². The van der Waals surface area contributed by atoms with Crippen molar-refractivity contribution in [3.8, 4) is 0 Å². The lowest BCUT2D eigenvalue weighted by Crippen LogP contribution is -2.38. The van der Waals surface area contributed by atoms with Gasteiger partial charge in [0.1, 0.15) is 0 Å². The van der Waals surface area contributed by atoms with E-state index in [4.69, 9.17) is 4.74 Å². The lowest BCUT2D eigenvalue weighted by molar-refractivity contribution is 0.0468. The van der Waals surface area contributed by atoms with Crippen molar-refractivity contribution in [1.82, 2.24) is 30.1 Å². The number of ether oxygens (including phenoxy) is 1. The van der Waals surface area contributed by atoms with Gasteiger partial charge in [-0.25, -0.2) is 4.68 Å². The standard InChI is InChI=1S/C27H38N6O2/c1-3-8-25(26-29-30-31-33(26)22-9-5-4-6-10-22)32(18-23-11-7-14-35-23)17-21-16-20-15-19(2)12-13-24(20)28-27(21)34/h12-13,15-16,22-23,25H,3-11,14,17-18H2,1-2H3,(H,28,34)/t23-,25+/m0/s1. The van der Waals surface area contributed by atoms with Gasteiger partial charge in [-0.05, 0) is 73.0 Å². The Hall–Kier alpha value is -2.58. The zero-order valence-corrected chi connectivity index (χ0v) is 21.1. The minimum absolute atomic E-state index is 0.0270. The van der Waals surface area contributed by atoms with Crippen molar-refractivity contribution in [3.63, 3.8) is 0 Å². The fourth-order valence-corrected chi connectivity index (χ4v) is 5.81. The highest BCUT2D eigenvalue weighted by atomic mass is 16.5. The number of aryl methyl sites for hydroxylation is 1. The number of aromatic nitrogens is 5. The highest BCUT2D eigenvalue weighted by Gasteiger charge is 2.32. The van der Waals surface area contributed by atoms with Crippen molar-refractivity contribution in [1.29, 1.82) is 0 Å². The molecule has 35 heavy (non-hydrogen) atoms. The summed E-state index contributed by atoms with van der Waals surface area (Å²) < 4.78 is 8.14. The van der Waals surface area contributed by atoms with Crippen LogP contribution in [-0.4, -0.2) is 49.3 Å². The van der Waals surface area contributed by atoms with E-state index in [2.05, 4.69) is 56.1 Å². The molecule has 2 aliphatic rings. The average molecular weight is 479 g/mol. The first-order chi connectivity index (χ1) is 17.1. The van der Waals surface area contributed by atoms with E-state index in [1.54, 1.807) is 0 Å². The molecule has 0 amide bonds.